The van der Waals surface area contributed by atoms with Gasteiger partial charge in [0.1, 0.15) is 11.6 Å². The molecule has 1 aliphatic heterocycles. The van der Waals surface area contributed by atoms with Crippen molar-refractivity contribution < 1.29 is 4.39 Å². The number of benzene rings is 1. The molecule has 0 spiro atoms. The minimum atomic E-state index is -0.196. The SMILES string of the molecule is CC1NCCC1c1nc2ccc(F)cc2n1C(C)C. The smallest absolute Gasteiger partial charge is 0.125 e. The molecular formula is C15H20FN3. The van der Waals surface area contributed by atoms with Crippen molar-refractivity contribution in [2.75, 3.05) is 6.54 Å². The van der Waals surface area contributed by atoms with Crippen LogP contribution in [-0.2, 0) is 0 Å². The predicted octanol–water partition coefficient (Wildman–Crippen LogP) is 3.22. The third-order valence-electron chi connectivity index (χ3n) is 4.05. The molecule has 1 aromatic heterocycles. The van der Waals surface area contributed by atoms with Crippen molar-refractivity contribution in [3.63, 3.8) is 0 Å². The monoisotopic (exact) mass is 261 g/mol. The van der Waals surface area contributed by atoms with Gasteiger partial charge in [0.05, 0.1) is 11.0 Å². The quantitative estimate of drug-likeness (QED) is 0.899. The van der Waals surface area contributed by atoms with Gasteiger partial charge in [-0.05, 0) is 51.9 Å². The third kappa shape index (κ3) is 2.04. The van der Waals surface area contributed by atoms with Crippen LogP contribution in [0.25, 0.3) is 11.0 Å². The highest BCUT2D eigenvalue weighted by Crippen LogP contribution is 2.32. The summed E-state index contributed by atoms with van der Waals surface area (Å²) in [4.78, 5) is 4.76. The highest BCUT2D eigenvalue weighted by molar-refractivity contribution is 5.76. The molecule has 102 valence electrons. The largest absolute Gasteiger partial charge is 0.325 e. The molecule has 2 heterocycles. The van der Waals surface area contributed by atoms with E-state index in [1.807, 2.05) is 0 Å². The summed E-state index contributed by atoms with van der Waals surface area (Å²) in [5.74, 6) is 1.31. The van der Waals surface area contributed by atoms with E-state index in [-0.39, 0.29) is 11.9 Å². The molecule has 2 atom stereocenters. The molecule has 2 aromatic rings. The first-order valence-electron chi connectivity index (χ1n) is 6.98. The van der Waals surface area contributed by atoms with Crippen LogP contribution in [-0.4, -0.2) is 22.1 Å². The van der Waals surface area contributed by atoms with E-state index in [4.69, 9.17) is 4.98 Å². The Morgan fingerprint density at radius 3 is 2.84 bits per heavy atom. The molecule has 1 aliphatic rings. The predicted molar refractivity (Wildman–Crippen MR) is 74.9 cm³/mol. The Bertz CT molecular complexity index is 603. The number of hydrogen-bond donors (Lipinski definition) is 1. The molecule has 0 amide bonds. The van der Waals surface area contributed by atoms with Gasteiger partial charge in [-0.15, -0.1) is 0 Å². The average molecular weight is 261 g/mol. The first-order valence-corrected chi connectivity index (χ1v) is 6.98. The van der Waals surface area contributed by atoms with Crippen molar-refractivity contribution in [2.45, 2.75) is 45.2 Å². The maximum absolute atomic E-state index is 13.5. The number of hydrogen-bond acceptors (Lipinski definition) is 2. The Labute approximate surface area is 112 Å². The number of nitrogens with zero attached hydrogens (tertiary/aromatic N) is 2. The summed E-state index contributed by atoms with van der Waals surface area (Å²) >= 11 is 0. The van der Waals surface area contributed by atoms with Gasteiger partial charge in [0.25, 0.3) is 0 Å². The van der Waals surface area contributed by atoms with E-state index in [1.54, 1.807) is 12.1 Å². The summed E-state index contributed by atoms with van der Waals surface area (Å²) in [7, 11) is 0. The van der Waals surface area contributed by atoms with Crippen LogP contribution in [0.4, 0.5) is 4.39 Å². The van der Waals surface area contributed by atoms with Crippen LogP contribution in [0.15, 0.2) is 18.2 Å². The van der Waals surface area contributed by atoms with Crippen LogP contribution in [0, 0.1) is 5.82 Å². The van der Waals surface area contributed by atoms with Crippen LogP contribution in [0.1, 0.15) is 45.0 Å². The minimum Gasteiger partial charge on any atom is -0.325 e. The van der Waals surface area contributed by atoms with Crippen LogP contribution in [0.2, 0.25) is 0 Å². The van der Waals surface area contributed by atoms with Crippen molar-refractivity contribution in [2.24, 2.45) is 0 Å². The summed E-state index contributed by atoms with van der Waals surface area (Å²) in [6.45, 7) is 7.48. The van der Waals surface area contributed by atoms with Crippen molar-refractivity contribution in [3.05, 3.63) is 29.8 Å². The molecule has 1 N–H and O–H groups in total. The second-order valence-corrected chi connectivity index (χ2v) is 5.70. The molecule has 19 heavy (non-hydrogen) atoms. The van der Waals surface area contributed by atoms with Gasteiger partial charge in [-0.25, -0.2) is 9.37 Å². The average Bonchev–Trinajstić information content (AvgIpc) is 2.91. The van der Waals surface area contributed by atoms with Gasteiger partial charge >= 0.3 is 0 Å². The van der Waals surface area contributed by atoms with Gasteiger partial charge in [-0.3, -0.25) is 0 Å². The van der Waals surface area contributed by atoms with Gasteiger partial charge in [0.15, 0.2) is 0 Å². The number of halogens is 1. The zero-order valence-electron chi connectivity index (χ0n) is 11.7. The molecule has 1 aromatic carbocycles. The van der Waals surface area contributed by atoms with Crippen LogP contribution in [0.5, 0.6) is 0 Å². The lowest BCUT2D eigenvalue weighted by atomic mass is 10.0. The minimum absolute atomic E-state index is 0.196. The summed E-state index contributed by atoms with van der Waals surface area (Å²) in [6.07, 6.45) is 1.10. The summed E-state index contributed by atoms with van der Waals surface area (Å²) < 4.78 is 15.7. The lowest BCUT2D eigenvalue weighted by Crippen LogP contribution is -2.24. The number of fused-ring (bicyclic) bond motifs is 1. The molecule has 4 heteroatoms. The van der Waals surface area contributed by atoms with Crippen molar-refractivity contribution in [3.8, 4) is 0 Å². The maximum Gasteiger partial charge on any atom is 0.125 e. The zero-order chi connectivity index (χ0) is 13.6. The summed E-state index contributed by atoms with van der Waals surface area (Å²) in [5, 5.41) is 3.46. The first kappa shape index (κ1) is 12.6. The van der Waals surface area contributed by atoms with Crippen LogP contribution < -0.4 is 5.32 Å². The number of imidazole rings is 1. The molecular weight excluding hydrogens is 241 g/mol. The Kier molecular flexibility index (Phi) is 3.05. The van der Waals surface area contributed by atoms with Gasteiger partial charge in [-0.1, -0.05) is 0 Å². The lowest BCUT2D eigenvalue weighted by molar-refractivity contribution is 0.506. The van der Waals surface area contributed by atoms with Crippen LogP contribution in [0.3, 0.4) is 0 Å². The fraction of sp³-hybridized carbons (Fsp3) is 0.533. The Balaban J connectivity index is 2.20. The fourth-order valence-corrected chi connectivity index (χ4v) is 3.10. The van der Waals surface area contributed by atoms with E-state index in [9.17, 15) is 4.39 Å². The third-order valence-corrected chi connectivity index (χ3v) is 4.05. The summed E-state index contributed by atoms with van der Waals surface area (Å²) in [6, 6.07) is 5.58. The topological polar surface area (TPSA) is 29.9 Å². The fourth-order valence-electron chi connectivity index (χ4n) is 3.10. The molecule has 0 saturated carbocycles. The molecule has 0 radical (unpaired) electrons. The van der Waals surface area contributed by atoms with E-state index in [0.717, 1.165) is 29.8 Å². The molecule has 3 nitrogen and oxygen atoms in total. The van der Waals surface area contributed by atoms with Gasteiger partial charge in [-0.2, -0.15) is 0 Å². The maximum atomic E-state index is 13.5. The summed E-state index contributed by atoms with van der Waals surface area (Å²) in [5.41, 5.74) is 1.80. The van der Waals surface area contributed by atoms with Gasteiger partial charge < -0.3 is 9.88 Å². The second-order valence-electron chi connectivity index (χ2n) is 5.70. The van der Waals surface area contributed by atoms with Gasteiger partial charge in [0.2, 0.25) is 0 Å². The van der Waals surface area contributed by atoms with E-state index < -0.39 is 0 Å². The lowest BCUT2D eigenvalue weighted by Gasteiger charge is -2.19. The molecule has 0 aliphatic carbocycles. The van der Waals surface area contributed by atoms with Crippen molar-refractivity contribution in [1.82, 2.24) is 14.9 Å². The highest BCUT2D eigenvalue weighted by Gasteiger charge is 2.30. The molecule has 3 rings (SSSR count). The van der Waals surface area contributed by atoms with E-state index in [0.29, 0.717) is 12.0 Å². The highest BCUT2D eigenvalue weighted by atomic mass is 19.1. The number of rotatable bonds is 2. The van der Waals surface area contributed by atoms with E-state index in [1.165, 1.54) is 6.07 Å². The van der Waals surface area contributed by atoms with Gasteiger partial charge in [0, 0.05) is 18.0 Å². The van der Waals surface area contributed by atoms with Crippen molar-refractivity contribution >= 4 is 11.0 Å². The number of aromatic nitrogens is 2. The van der Waals surface area contributed by atoms with E-state index in [2.05, 4.69) is 30.7 Å². The van der Waals surface area contributed by atoms with E-state index >= 15 is 0 Å². The Morgan fingerprint density at radius 2 is 2.21 bits per heavy atom. The van der Waals surface area contributed by atoms with Crippen molar-refractivity contribution in [1.29, 1.82) is 0 Å². The second kappa shape index (κ2) is 4.60. The molecule has 1 fully saturated rings. The molecule has 2 unspecified atom stereocenters. The number of nitrogens with one attached hydrogen (secondary N) is 1. The zero-order valence-corrected chi connectivity index (χ0v) is 11.7. The Hall–Kier alpha value is -1.42. The molecule has 1 saturated heterocycles. The van der Waals surface area contributed by atoms with Crippen LogP contribution >= 0.6 is 0 Å². The standard InChI is InChI=1S/C15H20FN3/c1-9(2)19-14-8-11(16)4-5-13(14)18-15(19)12-6-7-17-10(12)3/h4-5,8-10,12,17H,6-7H2,1-3H3. The Morgan fingerprint density at radius 1 is 1.42 bits per heavy atom. The molecule has 0 bridgehead atoms. The normalized spacial score (nSPS) is 23.6. The first-order chi connectivity index (χ1) is 9.08.